The molecule has 3 aromatic rings. The van der Waals surface area contributed by atoms with Crippen molar-refractivity contribution < 1.29 is 8.91 Å². The third-order valence-electron chi connectivity index (χ3n) is 2.76. The van der Waals surface area contributed by atoms with Gasteiger partial charge in [-0.25, -0.2) is 14.4 Å². The summed E-state index contributed by atoms with van der Waals surface area (Å²) in [6, 6.07) is 4.63. The van der Waals surface area contributed by atoms with Gasteiger partial charge < -0.3 is 10.3 Å². The molecule has 2 N–H and O–H groups in total. The predicted octanol–water partition coefficient (Wildman–Crippen LogP) is 3.17. The van der Waals surface area contributed by atoms with E-state index in [1.165, 1.54) is 24.8 Å². The summed E-state index contributed by atoms with van der Waals surface area (Å²) in [7, 11) is 0. The summed E-state index contributed by atoms with van der Waals surface area (Å²) in [6.07, 6.45) is 4.43. The lowest BCUT2D eigenvalue weighted by Crippen LogP contribution is -1.92. The fraction of sp³-hybridized carbons (Fsp3) is 0. The lowest BCUT2D eigenvalue weighted by molar-refractivity contribution is 0.435. The number of hydrogen-bond acceptors (Lipinski definition) is 5. The van der Waals surface area contributed by atoms with Gasteiger partial charge in [-0.05, 0) is 6.07 Å². The molecular formula is C13H8ClFN4O. The molecule has 0 aliphatic rings. The van der Waals surface area contributed by atoms with Crippen LogP contribution in [0.2, 0.25) is 5.02 Å². The molecule has 0 saturated carbocycles. The maximum Gasteiger partial charge on any atom is 0.180 e. The van der Waals surface area contributed by atoms with Crippen LogP contribution in [0.25, 0.3) is 22.5 Å². The Labute approximate surface area is 118 Å². The van der Waals surface area contributed by atoms with Crippen LogP contribution in [-0.4, -0.2) is 15.1 Å². The minimum Gasteiger partial charge on any atom is -0.380 e. The van der Waals surface area contributed by atoms with E-state index in [2.05, 4.69) is 15.1 Å². The maximum absolute atomic E-state index is 14.2. The molecule has 7 heteroatoms. The Morgan fingerprint density at radius 3 is 2.70 bits per heavy atom. The Kier molecular flexibility index (Phi) is 3.08. The van der Waals surface area contributed by atoms with E-state index in [9.17, 15) is 4.39 Å². The van der Waals surface area contributed by atoms with Gasteiger partial charge in [-0.15, -0.1) is 0 Å². The molecule has 3 rings (SSSR count). The first-order chi connectivity index (χ1) is 9.68. The number of hydrogen-bond donors (Lipinski definition) is 1. The molecule has 0 bridgehead atoms. The molecule has 0 spiro atoms. The molecule has 100 valence electrons. The highest BCUT2D eigenvalue weighted by molar-refractivity contribution is 6.31. The molecule has 0 unspecified atom stereocenters. The molecule has 0 fully saturated rings. The smallest absolute Gasteiger partial charge is 0.180 e. The number of benzene rings is 1. The Bertz CT molecular complexity index is 760. The first-order valence-electron chi connectivity index (χ1n) is 5.63. The molecule has 0 saturated heterocycles. The van der Waals surface area contributed by atoms with E-state index >= 15 is 0 Å². The van der Waals surface area contributed by atoms with E-state index in [1.54, 1.807) is 12.1 Å². The van der Waals surface area contributed by atoms with Crippen LogP contribution in [0.1, 0.15) is 0 Å². The lowest BCUT2D eigenvalue weighted by Gasteiger charge is -2.05. The molecule has 5 nitrogen and oxygen atoms in total. The molecule has 0 aliphatic heterocycles. The summed E-state index contributed by atoms with van der Waals surface area (Å²) in [6.45, 7) is 0. The first-order valence-corrected chi connectivity index (χ1v) is 6.01. The number of nitrogens with two attached hydrogens (primary N) is 1. The number of nitrogen functional groups attached to an aromatic ring is 1. The van der Waals surface area contributed by atoms with Gasteiger partial charge in [0.25, 0.3) is 0 Å². The van der Waals surface area contributed by atoms with Crippen molar-refractivity contribution in [2.24, 2.45) is 0 Å². The number of nitrogens with zero attached hydrogens (tertiary/aromatic N) is 3. The molecule has 1 aromatic carbocycles. The fourth-order valence-corrected chi connectivity index (χ4v) is 2.05. The van der Waals surface area contributed by atoms with E-state index < -0.39 is 5.82 Å². The second kappa shape index (κ2) is 4.90. The van der Waals surface area contributed by atoms with E-state index in [4.69, 9.17) is 21.9 Å². The zero-order valence-corrected chi connectivity index (χ0v) is 10.8. The summed E-state index contributed by atoms with van der Waals surface area (Å²) >= 11 is 5.79. The normalized spacial score (nSPS) is 10.7. The Hall–Kier alpha value is -2.47. The largest absolute Gasteiger partial charge is 0.380 e. The highest BCUT2D eigenvalue weighted by atomic mass is 35.5. The lowest BCUT2D eigenvalue weighted by atomic mass is 10.0. The summed E-state index contributed by atoms with van der Waals surface area (Å²) in [5.41, 5.74) is 6.87. The highest BCUT2D eigenvalue weighted by Gasteiger charge is 2.21. The van der Waals surface area contributed by atoms with Crippen LogP contribution in [0.5, 0.6) is 0 Å². The monoisotopic (exact) mass is 290 g/mol. The summed E-state index contributed by atoms with van der Waals surface area (Å²) in [5, 5.41) is 3.68. The van der Waals surface area contributed by atoms with Crippen molar-refractivity contribution in [3.8, 4) is 22.5 Å². The van der Waals surface area contributed by atoms with Crippen LogP contribution in [0.4, 0.5) is 10.2 Å². The zero-order valence-electron chi connectivity index (χ0n) is 10.0. The highest BCUT2D eigenvalue weighted by Crippen LogP contribution is 2.38. The van der Waals surface area contributed by atoms with Crippen molar-refractivity contribution in [3.05, 3.63) is 47.8 Å². The van der Waals surface area contributed by atoms with Gasteiger partial charge in [0.1, 0.15) is 12.1 Å². The minimum atomic E-state index is -0.581. The van der Waals surface area contributed by atoms with Crippen molar-refractivity contribution in [1.29, 1.82) is 0 Å². The quantitative estimate of drug-likeness (QED) is 0.784. The number of anilines is 1. The molecule has 0 amide bonds. The van der Waals surface area contributed by atoms with Gasteiger partial charge in [0.2, 0.25) is 0 Å². The molecular weight excluding hydrogens is 283 g/mol. The minimum absolute atomic E-state index is 0.00152. The van der Waals surface area contributed by atoms with Crippen LogP contribution < -0.4 is 5.73 Å². The van der Waals surface area contributed by atoms with Crippen LogP contribution in [0.3, 0.4) is 0 Å². The zero-order chi connectivity index (χ0) is 14.1. The topological polar surface area (TPSA) is 77.8 Å². The van der Waals surface area contributed by atoms with E-state index in [0.717, 1.165) is 0 Å². The van der Waals surface area contributed by atoms with Gasteiger partial charge in [0, 0.05) is 18.0 Å². The van der Waals surface area contributed by atoms with Gasteiger partial charge in [-0.2, -0.15) is 0 Å². The number of rotatable bonds is 2. The van der Waals surface area contributed by atoms with E-state index in [1.807, 2.05) is 0 Å². The molecule has 0 radical (unpaired) electrons. The average Bonchev–Trinajstić information content (AvgIpc) is 2.85. The summed E-state index contributed by atoms with van der Waals surface area (Å²) in [4.78, 5) is 7.77. The van der Waals surface area contributed by atoms with Crippen LogP contribution in [-0.2, 0) is 0 Å². The molecule has 0 atom stereocenters. The van der Waals surface area contributed by atoms with Crippen molar-refractivity contribution >= 4 is 17.4 Å². The van der Waals surface area contributed by atoms with Crippen LogP contribution in [0.15, 0.2) is 41.4 Å². The molecule has 2 heterocycles. The van der Waals surface area contributed by atoms with Gasteiger partial charge >= 0.3 is 0 Å². The predicted molar refractivity (Wildman–Crippen MR) is 72.3 cm³/mol. The molecule has 0 aliphatic carbocycles. The van der Waals surface area contributed by atoms with E-state index in [-0.39, 0.29) is 16.4 Å². The second-order valence-corrected chi connectivity index (χ2v) is 4.41. The SMILES string of the molecule is Nc1noc(-c2cncnc2)c1-c1cccc(Cl)c1F. The van der Waals surface area contributed by atoms with Gasteiger partial charge in [-0.3, -0.25) is 0 Å². The Morgan fingerprint density at radius 1 is 1.20 bits per heavy atom. The average molecular weight is 291 g/mol. The van der Waals surface area contributed by atoms with E-state index in [0.29, 0.717) is 16.9 Å². The van der Waals surface area contributed by atoms with Gasteiger partial charge in [0.05, 0.1) is 16.1 Å². The second-order valence-electron chi connectivity index (χ2n) is 4.00. The molecule has 2 aromatic heterocycles. The number of halogens is 2. The van der Waals surface area contributed by atoms with Crippen molar-refractivity contribution in [2.75, 3.05) is 5.73 Å². The molecule has 20 heavy (non-hydrogen) atoms. The standard InChI is InChI=1S/C13H8ClFN4O/c14-9-3-1-2-8(11(9)15)10-12(20-19-13(10)16)7-4-17-6-18-5-7/h1-6H,(H2,16,19). The third kappa shape index (κ3) is 2.00. The van der Waals surface area contributed by atoms with Crippen molar-refractivity contribution in [1.82, 2.24) is 15.1 Å². The Morgan fingerprint density at radius 2 is 1.95 bits per heavy atom. The van der Waals surface area contributed by atoms with Gasteiger partial charge in [0.15, 0.2) is 11.6 Å². The van der Waals surface area contributed by atoms with Crippen molar-refractivity contribution in [3.63, 3.8) is 0 Å². The van der Waals surface area contributed by atoms with Crippen LogP contribution in [0, 0.1) is 5.82 Å². The maximum atomic E-state index is 14.2. The number of aromatic nitrogens is 3. The third-order valence-corrected chi connectivity index (χ3v) is 3.05. The fourth-order valence-electron chi connectivity index (χ4n) is 1.87. The summed E-state index contributed by atoms with van der Waals surface area (Å²) in [5.74, 6) is -0.212. The van der Waals surface area contributed by atoms with Crippen molar-refractivity contribution in [2.45, 2.75) is 0 Å². The van der Waals surface area contributed by atoms with Gasteiger partial charge in [-0.1, -0.05) is 28.9 Å². The van der Waals surface area contributed by atoms with Crippen LogP contribution >= 0.6 is 11.6 Å². The first kappa shape index (κ1) is 12.6. The Balaban J connectivity index is 2.25. The summed E-state index contributed by atoms with van der Waals surface area (Å²) < 4.78 is 19.3.